The van der Waals surface area contributed by atoms with Crippen LogP contribution in [0.4, 0.5) is 0 Å². The molecule has 4 rings (SSSR count). The molecule has 1 aliphatic rings. The minimum atomic E-state index is 0.0429. The largest absolute Gasteiger partial charge is 0.507 e. The van der Waals surface area contributed by atoms with Crippen LogP contribution in [0.15, 0.2) is 91.0 Å². The van der Waals surface area contributed by atoms with Crippen molar-refractivity contribution in [2.45, 2.75) is 5.92 Å². The van der Waals surface area contributed by atoms with Crippen LogP contribution in [0.5, 0.6) is 0 Å². The van der Waals surface area contributed by atoms with E-state index in [9.17, 15) is 5.11 Å². The maximum absolute atomic E-state index is 11.1. The standard InChI is InChI=1S/C23H18O/c24-23(19-12-5-2-6-13-19)22-20-14-8-7-11-18(20)15-16-21(22)17-9-3-1-4-10-17/h1-16,21,24H/b23-22-. The summed E-state index contributed by atoms with van der Waals surface area (Å²) in [6, 6.07) is 28.3. The zero-order chi connectivity index (χ0) is 16.4. The molecule has 0 fully saturated rings. The zero-order valence-electron chi connectivity index (χ0n) is 13.3. The Morgan fingerprint density at radius 1 is 0.708 bits per heavy atom. The van der Waals surface area contributed by atoms with Gasteiger partial charge in [-0.15, -0.1) is 0 Å². The molecule has 0 bridgehead atoms. The number of rotatable bonds is 2. The summed E-state index contributed by atoms with van der Waals surface area (Å²) < 4.78 is 0. The minimum Gasteiger partial charge on any atom is -0.507 e. The highest BCUT2D eigenvalue weighted by molar-refractivity contribution is 5.96. The Balaban J connectivity index is 1.96. The lowest BCUT2D eigenvalue weighted by Crippen LogP contribution is -2.07. The van der Waals surface area contributed by atoms with Gasteiger partial charge in [-0.2, -0.15) is 0 Å². The lowest BCUT2D eigenvalue weighted by molar-refractivity contribution is 0.511. The highest BCUT2D eigenvalue weighted by Gasteiger charge is 2.25. The van der Waals surface area contributed by atoms with Crippen LogP contribution in [0.2, 0.25) is 0 Å². The van der Waals surface area contributed by atoms with Crippen LogP contribution < -0.4 is 0 Å². The molecule has 0 aliphatic heterocycles. The summed E-state index contributed by atoms with van der Waals surface area (Å²) in [5.41, 5.74) is 5.22. The number of aliphatic hydroxyl groups is 1. The van der Waals surface area contributed by atoms with E-state index in [1.54, 1.807) is 0 Å². The molecule has 1 N–H and O–H groups in total. The van der Waals surface area contributed by atoms with E-state index in [0.29, 0.717) is 5.76 Å². The Bertz CT molecular complexity index is 905. The highest BCUT2D eigenvalue weighted by atomic mass is 16.3. The normalized spacial score (nSPS) is 18.1. The molecule has 1 heteroatoms. The van der Waals surface area contributed by atoms with E-state index < -0.39 is 0 Å². The molecular weight excluding hydrogens is 292 g/mol. The van der Waals surface area contributed by atoms with E-state index in [0.717, 1.165) is 22.3 Å². The first-order valence-corrected chi connectivity index (χ1v) is 8.16. The summed E-state index contributed by atoms with van der Waals surface area (Å²) in [7, 11) is 0. The fraction of sp³-hybridized carbons (Fsp3) is 0.0435. The fourth-order valence-electron chi connectivity index (χ4n) is 3.32. The smallest absolute Gasteiger partial charge is 0.127 e. The van der Waals surface area contributed by atoms with Gasteiger partial charge < -0.3 is 5.11 Å². The lowest BCUT2D eigenvalue weighted by atomic mass is 9.79. The van der Waals surface area contributed by atoms with Gasteiger partial charge in [0, 0.05) is 17.1 Å². The van der Waals surface area contributed by atoms with E-state index >= 15 is 0 Å². The molecule has 0 radical (unpaired) electrons. The summed E-state index contributed by atoms with van der Waals surface area (Å²) in [6.07, 6.45) is 4.32. The van der Waals surface area contributed by atoms with Gasteiger partial charge in [0.2, 0.25) is 0 Å². The van der Waals surface area contributed by atoms with Crippen LogP contribution in [0.25, 0.3) is 17.4 Å². The third-order valence-corrected chi connectivity index (χ3v) is 4.49. The molecular formula is C23H18O. The predicted octanol–water partition coefficient (Wildman–Crippen LogP) is 5.92. The van der Waals surface area contributed by atoms with Gasteiger partial charge in [-0.25, -0.2) is 0 Å². The number of benzene rings is 3. The molecule has 3 aromatic carbocycles. The molecule has 0 saturated heterocycles. The van der Waals surface area contributed by atoms with Gasteiger partial charge in [-0.1, -0.05) is 97.1 Å². The molecule has 1 aliphatic carbocycles. The van der Waals surface area contributed by atoms with Crippen molar-refractivity contribution in [3.05, 3.63) is 113 Å². The molecule has 0 heterocycles. The van der Waals surface area contributed by atoms with Gasteiger partial charge in [0.1, 0.15) is 5.76 Å². The fourth-order valence-corrected chi connectivity index (χ4v) is 3.32. The molecule has 1 atom stereocenters. The third kappa shape index (κ3) is 2.55. The molecule has 116 valence electrons. The highest BCUT2D eigenvalue weighted by Crippen LogP contribution is 2.42. The molecule has 3 aromatic rings. The Labute approximate surface area is 142 Å². The first-order valence-electron chi connectivity index (χ1n) is 8.16. The van der Waals surface area contributed by atoms with Crippen molar-refractivity contribution in [2.24, 2.45) is 0 Å². The van der Waals surface area contributed by atoms with E-state index in [1.165, 1.54) is 5.56 Å². The first kappa shape index (κ1) is 14.5. The van der Waals surface area contributed by atoms with Crippen molar-refractivity contribution >= 4 is 17.4 Å². The second kappa shape index (κ2) is 6.21. The molecule has 0 spiro atoms. The molecule has 0 aromatic heterocycles. The van der Waals surface area contributed by atoms with Crippen molar-refractivity contribution in [1.29, 1.82) is 0 Å². The van der Waals surface area contributed by atoms with Crippen molar-refractivity contribution in [2.75, 3.05) is 0 Å². The van der Waals surface area contributed by atoms with Crippen molar-refractivity contribution < 1.29 is 5.11 Å². The van der Waals surface area contributed by atoms with Crippen molar-refractivity contribution in [3.63, 3.8) is 0 Å². The van der Waals surface area contributed by atoms with Gasteiger partial charge >= 0.3 is 0 Å². The zero-order valence-corrected chi connectivity index (χ0v) is 13.3. The van der Waals surface area contributed by atoms with E-state index in [1.807, 2.05) is 60.7 Å². The van der Waals surface area contributed by atoms with Crippen LogP contribution in [0.1, 0.15) is 28.2 Å². The average Bonchev–Trinajstić information content (AvgIpc) is 2.68. The topological polar surface area (TPSA) is 20.2 Å². The third-order valence-electron chi connectivity index (χ3n) is 4.49. The molecule has 0 amide bonds. The Kier molecular flexibility index (Phi) is 3.76. The van der Waals surface area contributed by atoms with Crippen molar-refractivity contribution in [3.8, 4) is 0 Å². The first-order chi connectivity index (χ1) is 11.8. The monoisotopic (exact) mass is 310 g/mol. The predicted molar refractivity (Wildman–Crippen MR) is 101 cm³/mol. The summed E-state index contributed by atoms with van der Waals surface area (Å²) in [4.78, 5) is 0. The van der Waals surface area contributed by atoms with E-state index in [2.05, 4.69) is 36.4 Å². The average molecular weight is 310 g/mol. The molecule has 1 nitrogen and oxygen atoms in total. The summed E-state index contributed by atoms with van der Waals surface area (Å²) in [6.45, 7) is 0. The maximum Gasteiger partial charge on any atom is 0.127 e. The van der Waals surface area contributed by atoms with Crippen LogP contribution in [-0.4, -0.2) is 5.11 Å². The van der Waals surface area contributed by atoms with Crippen LogP contribution in [0.3, 0.4) is 0 Å². The minimum absolute atomic E-state index is 0.0429. The van der Waals surface area contributed by atoms with Gasteiger partial charge in [-0.3, -0.25) is 0 Å². The van der Waals surface area contributed by atoms with E-state index in [-0.39, 0.29) is 5.92 Å². The van der Waals surface area contributed by atoms with Gasteiger partial charge in [0.25, 0.3) is 0 Å². The number of aliphatic hydroxyl groups excluding tert-OH is 1. The Morgan fingerprint density at radius 3 is 2.08 bits per heavy atom. The van der Waals surface area contributed by atoms with Crippen LogP contribution >= 0.6 is 0 Å². The Morgan fingerprint density at radius 2 is 1.33 bits per heavy atom. The van der Waals surface area contributed by atoms with Crippen LogP contribution in [-0.2, 0) is 0 Å². The van der Waals surface area contributed by atoms with Gasteiger partial charge in [0.15, 0.2) is 0 Å². The SMILES string of the molecule is O/C(=C1/c2ccccc2C=CC1c1ccccc1)c1ccccc1. The van der Waals surface area contributed by atoms with Crippen LogP contribution in [0, 0.1) is 0 Å². The molecule has 24 heavy (non-hydrogen) atoms. The number of fused-ring (bicyclic) bond motifs is 1. The van der Waals surface area contributed by atoms with Crippen molar-refractivity contribution in [1.82, 2.24) is 0 Å². The van der Waals surface area contributed by atoms with Gasteiger partial charge in [-0.05, 0) is 16.7 Å². The summed E-state index contributed by atoms with van der Waals surface area (Å²) in [5, 5.41) is 11.1. The second-order valence-electron chi connectivity index (χ2n) is 5.96. The lowest BCUT2D eigenvalue weighted by Gasteiger charge is -2.25. The molecule has 0 saturated carbocycles. The molecule has 1 unspecified atom stereocenters. The van der Waals surface area contributed by atoms with E-state index in [4.69, 9.17) is 0 Å². The quantitative estimate of drug-likeness (QED) is 0.582. The second-order valence-corrected chi connectivity index (χ2v) is 5.96. The number of hydrogen-bond acceptors (Lipinski definition) is 1. The summed E-state index contributed by atoms with van der Waals surface area (Å²) >= 11 is 0. The Hall–Kier alpha value is -3.06. The number of allylic oxidation sites excluding steroid dienone is 2. The number of hydrogen-bond donors (Lipinski definition) is 1. The van der Waals surface area contributed by atoms with Gasteiger partial charge in [0.05, 0.1) is 0 Å². The summed E-state index contributed by atoms with van der Waals surface area (Å²) in [5.74, 6) is 0.391. The maximum atomic E-state index is 11.1.